The van der Waals surface area contributed by atoms with Crippen LogP contribution in [0.4, 0.5) is 5.69 Å². The summed E-state index contributed by atoms with van der Waals surface area (Å²) in [5, 5.41) is 9.03. The van der Waals surface area contributed by atoms with Gasteiger partial charge in [-0.15, -0.1) is 0 Å². The number of para-hydroxylation sites is 2. The number of piperazine rings is 1. The number of nitrogens with zero attached hydrogens (tertiary/aromatic N) is 3. The van der Waals surface area contributed by atoms with Crippen LogP contribution in [0.1, 0.15) is 12.5 Å². The van der Waals surface area contributed by atoms with E-state index in [1.807, 2.05) is 31.2 Å². The van der Waals surface area contributed by atoms with E-state index in [0.29, 0.717) is 36.8 Å². The molecule has 0 aromatic heterocycles. The second kappa shape index (κ2) is 9.69. The minimum atomic E-state index is -0.0727. The number of amides is 1. The Morgan fingerprint density at radius 3 is 2.48 bits per heavy atom. The zero-order valence-electron chi connectivity index (χ0n) is 16.8. The number of carbonyl (C=O) groups is 1. The molecule has 1 fully saturated rings. The predicted octanol–water partition coefficient (Wildman–Crippen LogP) is 2.69. The Bertz CT molecular complexity index is 886. The molecule has 29 heavy (non-hydrogen) atoms. The van der Waals surface area contributed by atoms with E-state index in [4.69, 9.17) is 19.5 Å². The zero-order valence-corrected chi connectivity index (χ0v) is 16.8. The van der Waals surface area contributed by atoms with Crippen molar-refractivity contribution in [3.8, 4) is 23.3 Å². The van der Waals surface area contributed by atoms with Crippen LogP contribution in [0.2, 0.25) is 0 Å². The first-order valence-corrected chi connectivity index (χ1v) is 9.61. The van der Waals surface area contributed by atoms with E-state index in [9.17, 15) is 4.79 Å². The normalized spacial score (nSPS) is 13.6. The maximum Gasteiger partial charge on any atom is 0.260 e. The van der Waals surface area contributed by atoms with Gasteiger partial charge in [-0.05, 0) is 31.2 Å². The summed E-state index contributed by atoms with van der Waals surface area (Å²) in [4.78, 5) is 16.6. The Morgan fingerprint density at radius 2 is 1.79 bits per heavy atom. The van der Waals surface area contributed by atoms with Crippen molar-refractivity contribution in [2.75, 3.05) is 51.4 Å². The summed E-state index contributed by atoms with van der Waals surface area (Å²) in [6.07, 6.45) is 0. The summed E-state index contributed by atoms with van der Waals surface area (Å²) >= 11 is 0. The molecule has 1 heterocycles. The van der Waals surface area contributed by atoms with Crippen LogP contribution in [0, 0.1) is 11.3 Å². The highest BCUT2D eigenvalue weighted by molar-refractivity contribution is 5.78. The van der Waals surface area contributed by atoms with Gasteiger partial charge < -0.3 is 24.0 Å². The van der Waals surface area contributed by atoms with Gasteiger partial charge in [0.05, 0.1) is 31.0 Å². The van der Waals surface area contributed by atoms with Crippen molar-refractivity contribution in [2.24, 2.45) is 0 Å². The topological polar surface area (TPSA) is 75.0 Å². The third-order valence-corrected chi connectivity index (χ3v) is 4.78. The molecule has 1 aliphatic heterocycles. The van der Waals surface area contributed by atoms with E-state index in [1.54, 1.807) is 30.2 Å². The van der Waals surface area contributed by atoms with Gasteiger partial charge >= 0.3 is 0 Å². The first kappa shape index (κ1) is 20.3. The lowest BCUT2D eigenvalue weighted by molar-refractivity contribution is -0.133. The van der Waals surface area contributed by atoms with Gasteiger partial charge in [-0.1, -0.05) is 12.1 Å². The molecule has 2 aromatic rings. The number of rotatable bonds is 7. The number of nitriles is 1. The van der Waals surface area contributed by atoms with E-state index >= 15 is 0 Å². The molecule has 0 saturated carbocycles. The number of benzene rings is 2. The SMILES string of the molecule is CCOc1cc(C#N)ccc1OCC(=O)N1CCN(c2ccccc2OC)CC1. The fraction of sp³-hybridized carbons (Fsp3) is 0.364. The van der Waals surface area contributed by atoms with Gasteiger partial charge in [-0.2, -0.15) is 5.26 Å². The number of methoxy groups -OCH3 is 1. The molecule has 0 aliphatic carbocycles. The molecular weight excluding hydrogens is 370 g/mol. The maximum absolute atomic E-state index is 12.6. The molecule has 0 bridgehead atoms. The molecule has 3 rings (SSSR count). The van der Waals surface area contributed by atoms with Crippen LogP contribution < -0.4 is 19.1 Å². The van der Waals surface area contributed by atoms with Gasteiger partial charge in [0, 0.05) is 32.2 Å². The second-order valence-electron chi connectivity index (χ2n) is 6.53. The first-order chi connectivity index (χ1) is 14.2. The molecule has 2 aromatic carbocycles. The Kier molecular flexibility index (Phi) is 6.80. The highest BCUT2D eigenvalue weighted by atomic mass is 16.5. The first-order valence-electron chi connectivity index (χ1n) is 9.61. The van der Waals surface area contributed by atoms with Gasteiger partial charge in [0.1, 0.15) is 5.75 Å². The highest BCUT2D eigenvalue weighted by Crippen LogP contribution is 2.29. The van der Waals surface area contributed by atoms with Crippen molar-refractivity contribution < 1.29 is 19.0 Å². The summed E-state index contributed by atoms with van der Waals surface area (Å²) in [5.41, 5.74) is 1.52. The second-order valence-corrected chi connectivity index (χ2v) is 6.53. The van der Waals surface area contributed by atoms with Gasteiger partial charge in [-0.3, -0.25) is 4.79 Å². The monoisotopic (exact) mass is 395 g/mol. The van der Waals surface area contributed by atoms with Crippen molar-refractivity contribution >= 4 is 11.6 Å². The maximum atomic E-state index is 12.6. The van der Waals surface area contributed by atoms with Crippen molar-refractivity contribution in [3.63, 3.8) is 0 Å². The van der Waals surface area contributed by atoms with Gasteiger partial charge in [-0.25, -0.2) is 0 Å². The van der Waals surface area contributed by atoms with Crippen LogP contribution in [0.3, 0.4) is 0 Å². The minimum Gasteiger partial charge on any atom is -0.495 e. The van der Waals surface area contributed by atoms with Crippen molar-refractivity contribution in [1.82, 2.24) is 4.90 Å². The van der Waals surface area contributed by atoms with E-state index < -0.39 is 0 Å². The predicted molar refractivity (Wildman–Crippen MR) is 110 cm³/mol. The smallest absolute Gasteiger partial charge is 0.260 e. The quantitative estimate of drug-likeness (QED) is 0.718. The number of ether oxygens (including phenoxy) is 3. The lowest BCUT2D eigenvalue weighted by Crippen LogP contribution is -2.50. The van der Waals surface area contributed by atoms with Crippen LogP contribution in [-0.4, -0.2) is 57.3 Å². The lowest BCUT2D eigenvalue weighted by Gasteiger charge is -2.36. The van der Waals surface area contributed by atoms with Gasteiger partial charge in [0.15, 0.2) is 18.1 Å². The lowest BCUT2D eigenvalue weighted by atomic mass is 10.2. The van der Waals surface area contributed by atoms with Crippen molar-refractivity contribution in [1.29, 1.82) is 5.26 Å². The van der Waals surface area contributed by atoms with E-state index in [-0.39, 0.29) is 12.5 Å². The average Bonchev–Trinajstić information content (AvgIpc) is 2.78. The molecule has 1 saturated heterocycles. The molecule has 1 aliphatic rings. The van der Waals surface area contributed by atoms with Gasteiger partial charge in [0.25, 0.3) is 5.91 Å². The van der Waals surface area contributed by atoms with E-state index in [1.165, 1.54) is 0 Å². The molecule has 0 atom stereocenters. The number of carbonyl (C=O) groups excluding carboxylic acids is 1. The van der Waals surface area contributed by atoms with Crippen LogP contribution in [-0.2, 0) is 4.79 Å². The Labute approximate surface area is 171 Å². The largest absolute Gasteiger partial charge is 0.495 e. The van der Waals surface area contributed by atoms with Gasteiger partial charge in [0.2, 0.25) is 0 Å². The third kappa shape index (κ3) is 4.91. The van der Waals surface area contributed by atoms with Crippen molar-refractivity contribution in [2.45, 2.75) is 6.92 Å². The van der Waals surface area contributed by atoms with Crippen molar-refractivity contribution in [3.05, 3.63) is 48.0 Å². The minimum absolute atomic E-state index is 0.0688. The van der Waals surface area contributed by atoms with Crippen LogP contribution in [0.15, 0.2) is 42.5 Å². The summed E-state index contributed by atoms with van der Waals surface area (Å²) in [7, 11) is 1.66. The molecule has 7 heteroatoms. The van der Waals surface area contributed by atoms with Crippen LogP contribution in [0.5, 0.6) is 17.2 Å². The van der Waals surface area contributed by atoms with Crippen LogP contribution >= 0.6 is 0 Å². The molecule has 0 spiro atoms. The molecule has 1 amide bonds. The molecule has 152 valence electrons. The average molecular weight is 395 g/mol. The summed E-state index contributed by atoms with van der Waals surface area (Å²) in [6, 6.07) is 14.9. The Morgan fingerprint density at radius 1 is 1.03 bits per heavy atom. The van der Waals surface area contributed by atoms with E-state index in [2.05, 4.69) is 11.0 Å². The summed E-state index contributed by atoms with van der Waals surface area (Å²) in [5.74, 6) is 1.70. The molecular formula is C22H25N3O4. The number of hydrogen-bond acceptors (Lipinski definition) is 6. The van der Waals surface area contributed by atoms with Crippen LogP contribution in [0.25, 0.3) is 0 Å². The number of anilines is 1. The molecule has 0 radical (unpaired) electrons. The molecule has 0 N–H and O–H groups in total. The Balaban J connectivity index is 1.56. The van der Waals surface area contributed by atoms with E-state index in [0.717, 1.165) is 24.5 Å². The molecule has 0 unspecified atom stereocenters. The Hall–Kier alpha value is -3.40. The fourth-order valence-corrected chi connectivity index (χ4v) is 3.28. The number of hydrogen-bond donors (Lipinski definition) is 0. The molecule has 7 nitrogen and oxygen atoms in total. The summed E-state index contributed by atoms with van der Waals surface area (Å²) < 4.78 is 16.6. The summed E-state index contributed by atoms with van der Waals surface area (Å²) in [6.45, 7) is 4.93. The zero-order chi connectivity index (χ0) is 20.6. The third-order valence-electron chi connectivity index (χ3n) is 4.78. The highest BCUT2D eigenvalue weighted by Gasteiger charge is 2.23. The standard InChI is InChI=1S/C22H25N3O4/c1-3-28-21-14-17(15-23)8-9-20(21)29-16-22(26)25-12-10-24(11-13-25)18-6-4-5-7-19(18)27-2/h4-9,14H,3,10-13,16H2,1-2H3. The fourth-order valence-electron chi connectivity index (χ4n) is 3.28.